The van der Waals surface area contributed by atoms with E-state index in [0.717, 1.165) is 5.75 Å². The van der Waals surface area contributed by atoms with Crippen LogP contribution < -0.4 is 5.73 Å². The van der Waals surface area contributed by atoms with Crippen molar-refractivity contribution in [3.63, 3.8) is 0 Å². The average Bonchev–Trinajstić information content (AvgIpc) is 2.54. The van der Waals surface area contributed by atoms with Gasteiger partial charge in [0.1, 0.15) is 0 Å². The van der Waals surface area contributed by atoms with Crippen molar-refractivity contribution < 1.29 is 9.63 Å². The first-order chi connectivity index (χ1) is 6.27. The molecule has 0 amide bonds. The van der Waals surface area contributed by atoms with Gasteiger partial charge in [-0.25, -0.2) is 0 Å². The van der Waals surface area contributed by atoms with Gasteiger partial charge in [-0.1, -0.05) is 5.16 Å². The molecule has 0 saturated carbocycles. The fourth-order valence-corrected chi connectivity index (χ4v) is 1.24. The molecule has 74 valence electrons. The Kier molecular flexibility index (Phi) is 4.20. The number of hydrogen-bond acceptors (Lipinski definition) is 6. The number of aliphatic hydroxyl groups is 1. The van der Waals surface area contributed by atoms with Crippen LogP contribution in [-0.4, -0.2) is 28.1 Å². The molecule has 3 N–H and O–H groups in total. The Morgan fingerprint density at radius 1 is 1.69 bits per heavy atom. The van der Waals surface area contributed by atoms with Gasteiger partial charge >= 0.3 is 0 Å². The zero-order valence-electron chi connectivity index (χ0n) is 7.43. The van der Waals surface area contributed by atoms with Gasteiger partial charge in [0.05, 0.1) is 11.8 Å². The zero-order chi connectivity index (χ0) is 9.68. The van der Waals surface area contributed by atoms with Crippen molar-refractivity contribution in [2.75, 3.05) is 12.9 Å². The Morgan fingerprint density at radius 3 is 3.08 bits per heavy atom. The van der Waals surface area contributed by atoms with Gasteiger partial charge in [-0.15, -0.1) is 0 Å². The summed E-state index contributed by atoms with van der Waals surface area (Å²) >= 11 is 1.62. The van der Waals surface area contributed by atoms with Crippen molar-refractivity contribution in [3.05, 3.63) is 11.7 Å². The molecule has 0 radical (unpaired) electrons. The van der Waals surface area contributed by atoms with Crippen LogP contribution in [0.25, 0.3) is 0 Å². The number of thioether (sulfide) groups is 1. The molecule has 0 bridgehead atoms. The lowest BCUT2D eigenvalue weighted by Crippen LogP contribution is -2.12. The molecule has 13 heavy (non-hydrogen) atoms. The molecular weight excluding hydrogens is 190 g/mol. The quantitative estimate of drug-likeness (QED) is 0.716. The van der Waals surface area contributed by atoms with E-state index in [1.165, 1.54) is 0 Å². The normalized spacial score (nSPS) is 13.2. The third kappa shape index (κ3) is 2.98. The van der Waals surface area contributed by atoms with E-state index in [4.69, 9.17) is 15.4 Å². The number of rotatable bonds is 5. The van der Waals surface area contributed by atoms with Crippen molar-refractivity contribution >= 4 is 11.8 Å². The van der Waals surface area contributed by atoms with Crippen LogP contribution in [0.3, 0.4) is 0 Å². The van der Waals surface area contributed by atoms with E-state index in [1.807, 2.05) is 6.26 Å². The van der Waals surface area contributed by atoms with Crippen LogP contribution in [-0.2, 0) is 5.75 Å². The summed E-state index contributed by atoms with van der Waals surface area (Å²) in [6, 6.07) is -0.354. The third-order valence-electron chi connectivity index (χ3n) is 1.51. The second-order valence-electron chi connectivity index (χ2n) is 2.60. The molecule has 1 atom stereocenters. The Bertz CT molecular complexity index is 254. The average molecular weight is 203 g/mol. The van der Waals surface area contributed by atoms with Gasteiger partial charge in [0.25, 0.3) is 0 Å². The monoisotopic (exact) mass is 203 g/mol. The van der Waals surface area contributed by atoms with E-state index in [2.05, 4.69) is 10.1 Å². The van der Waals surface area contributed by atoms with E-state index in [0.29, 0.717) is 18.1 Å². The SMILES string of the molecule is CSCc1noc(C(N)CCO)n1. The molecule has 0 aliphatic carbocycles. The first-order valence-corrected chi connectivity index (χ1v) is 5.35. The molecular formula is C7H13N3O2S. The minimum atomic E-state index is -0.354. The highest BCUT2D eigenvalue weighted by Crippen LogP contribution is 2.12. The first-order valence-electron chi connectivity index (χ1n) is 3.95. The molecule has 1 rings (SSSR count). The second-order valence-corrected chi connectivity index (χ2v) is 3.47. The molecule has 0 aliphatic rings. The van der Waals surface area contributed by atoms with Gasteiger partial charge in [0.2, 0.25) is 5.89 Å². The van der Waals surface area contributed by atoms with Gasteiger partial charge in [0, 0.05) is 6.61 Å². The Labute approximate surface area is 80.7 Å². The fraction of sp³-hybridized carbons (Fsp3) is 0.714. The molecule has 5 nitrogen and oxygen atoms in total. The van der Waals surface area contributed by atoms with Gasteiger partial charge in [-0.3, -0.25) is 0 Å². The highest BCUT2D eigenvalue weighted by molar-refractivity contribution is 7.97. The summed E-state index contributed by atoms with van der Waals surface area (Å²) in [4.78, 5) is 4.08. The van der Waals surface area contributed by atoms with E-state index in [9.17, 15) is 0 Å². The van der Waals surface area contributed by atoms with Crippen molar-refractivity contribution in [2.24, 2.45) is 5.73 Å². The lowest BCUT2D eigenvalue weighted by molar-refractivity contribution is 0.259. The predicted molar refractivity (Wildman–Crippen MR) is 50.1 cm³/mol. The molecule has 1 aromatic rings. The summed E-state index contributed by atoms with van der Waals surface area (Å²) in [6.07, 6.45) is 2.41. The standard InChI is InChI=1S/C7H13N3O2S/c1-13-4-6-9-7(12-10-6)5(8)2-3-11/h5,11H,2-4,8H2,1H3. The predicted octanol–water partition coefficient (Wildman–Crippen LogP) is 0.315. The summed E-state index contributed by atoms with van der Waals surface area (Å²) in [5.41, 5.74) is 5.65. The second kappa shape index (κ2) is 5.21. The number of hydrogen-bond donors (Lipinski definition) is 2. The minimum absolute atomic E-state index is 0.0292. The zero-order valence-corrected chi connectivity index (χ0v) is 8.25. The van der Waals surface area contributed by atoms with Crippen molar-refractivity contribution in [1.29, 1.82) is 0 Å². The van der Waals surface area contributed by atoms with Gasteiger partial charge < -0.3 is 15.4 Å². The number of nitrogens with two attached hydrogens (primary N) is 1. The van der Waals surface area contributed by atoms with Crippen LogP contribution in [0.15, 0.2) is 4.52 Å². The smallest absolute Gasteiger partial charge is 0.243 e. The van der Waals surface area contributed by atoms with Crippen LogP contribution in [0.1, 0.15) is 24.2 Å². The van der Waals surface area contributed by atoms with E-state index in [-0.39, 0.29) is 12.6 Å². The van der Waals surface area contributed by atoms with Crippen LogP contribution in [0.5, 0.6) is 0 Å². The first kappa shape index (κ1) is 10.5. The molecule has 0 aromatic carbocycles. The molecule has 0 spiro atoms. The van der Waals surface area contributed by atoms with Crippen molar-refractivity contribution in [1.82, 2.24) is 10.1 Å². The molecule has 1 unspecified atom stereocenters. The highest BCUT2D eigenvalue weighted by atomic mass is 32.2. The summed E-state index contributed by atoms with van der Waals surface area (Å²) in [6.45, 7) is 0.0292. The fourth-order valence-electron chi connectivity index (χ4n) is 0.868. The largest absolute Gasteiger partial charge is 0.396 e. The molecule has 0 fully saturated rings. The Hall–Kier alpha value is -0.590. The maximum atomic E-state index is 8.63. The van der Waals surface area contributed by atoms with E-state index < -0.39 is 0 Å². The molecule has 6 heteroatoms. The Balaban J connectivity index is 2.56. The van der Waals surface area contributed by atoms with Crippen LogP contribution in [0, 0.1) is 0 Å². The maximum Gasteiger partial charge on any atom is 0.243 e. The lowest BCUT2D eigenvalue weighted by Gasteiger charge is -2.01. The molecule has 0 saturated heterocycles. The van der Waals surface area contributed by atoms with Crippen LogP contribution >= 0.6 is 11.8 Å². The van der Waals surface area contributed by atoms with Gasteiger partial charge in [-0.05, 0) is 12.7 Å². The summed E-state index contributed by atoms with van der Waals surface area (Å²) < 4.78 is 4.92. The van der Waals surface area contributed by atoms with Gasteiger partial charge in [-0.2, -0.15) is 16.7 Å². The molecule has 0 aliphatic heterocycles. The molecule has 1 heterocycles. The highest BCUT2D eigenvalue weighted by Gasteiger charge is 2.13. The van der Waals surface area contributed by atoms with E-state index >= 15 is 0 Å². The number of aliphatic hydroxyl groups excluding tert-OH is 1. The van der Waals surface area contributed by atoms with Crippen molar-refractivity contribution in [3.8, 4) is 0 Å². The Morgan fingerprint density at radius 2 is 2.46 bits per heavy atom. The van der Waals surface area contributed by atoms with E-state index in [1.54, 1.807) is 11.8 Å². The van der Waals surface area contributed by atoms with Crippen LogP contribution in [0.2, 0.25) is 0 Å². The topological polar surface area (TPSA) is 85.2 Å². The van der Waals surface area contributed by atoms with Crippen LogP contribution in [0.4, 0.5) is 0 Å². The maximum absolute atomic E-state index is 8.63. The summed E-state index contributed by atoms with van der Waals surface area (Å²) in [5.74, 6) is 1.77. The summed E-state index contributed by atoms with van der Waals surface area (Å²) in [5, 5.41) is 12.4. The van der Waals surface area contributed by atoms with Gasteiger partial charge in [0.15, 0.2) is 5.82 Å². The minimum Gasteiger partial charge on any atom is -0.396 e. The molecule has 1 aromatic heterocycles. The third-order valence-corrected chi connectivity index (χ3v) is 2.06. The lowest BCUT2D eigenvalue weighted by atomic mass is 10.2. The summed E-state index contributed by atoms with van der Waals surface area (Å²) in [7, 11) is 0. The number of aromatic nitrogens is 2. The number of nitrogens with zero attached hydrogens (tertiary/aromatic N) is 2. The van der Waals surface area contributed by atoms with Crippen molar-refractivity contribution in [2.45, 2.75) is 18.2 Å².